The van der Waals surface area contributed by atoms with Gasteiger partial charge in [-0.2, -0.15) is 0 Å². The zero-order valence-corrected chi connectivity index (χ0v) is 23.8. The molecule has 6 heteroatoms. The molecule has 6 bridgehead atoms. The van der Waals surface area contributed by atoms with Crippen LogP contribution in [0.1, 0.15) is 83.1 Å². The molecule has 4 saturated heterocycles. The monoisotopic (exact) mass is 464 g/mol. The van der Waals surface area contributed by atoms with Crippen LogP contribution in [-0.4, -0.2) is 19.1 Å². The van der Waals surface area contributed by atoms with Crippen molar-refractivity contribution < 1.29 is 0 Å². The maximum atomic E-state index is 7.04. The normalized spacial score (nSPS) is 50.2. The summed E-state index contributed by atoms with van der Waals surface area (Å²) in [5, 5.41) is 1.90. The minimum atomic E-state index is -1.54. The van der Waals surface area contributed by atoms with Crippen LogP contribution in [0.2, 0.25) is 0 Å². The van der Waals surface area contributed by atoms with E-state index in [4.69, 9.17) is 11.8 Å². The molecule has 26 heavy (non-hydrogen) atoms. The summed E-state index contributed by atoms with van der Waals surface area (Å²) in [6.07, 6.45) is 0. The highest BCUT2D eigenvalue weighted by Gasteiger charge is 3.06. The maximum absolute atomic E-state index is 7.04. The zero-order chi connectivity index (χ0) is 20.1. The van der Waals surface area contributed by atoms with Crippen molar-refractivity contribution in [2.45, 2.75) is 97.1 Å². The summed E-state index contributed by atoms with van der Waals surface area (Å²) in [6, 6.07) is 0. The van der Waals surface area contributed by atoms with Crippen LogP contribution in [0.3, 0.4) is 0 Å². The van der Waals surface area contributed by atoms with Crippen LogP contribution < -0.4 is 0 Å². The molecule has 0 radical (unpaired) electrons. The Kier molecular flexibility index (Phi) is 4.02. The maximum Gasteiger partial charge on any atom is 0.0862 e. The molecule has 0 aromatic carbocycles. The fourth-order valence-corrected chi connectivity index (χ4v) is 59.4. The first-order valence-electron chi connectivity index (χ1n) is 9.81. The van der Waals surface area contributed by atoms with E-state index >= 15 is 0 Å². The highest BCUT2D eigenvalue weighted by atomic mass is 32.7. The van der Waals surface area contributed by atoms with Gasteiger partial charge in [0.1, 0.15) is 0 Å². The van der Waals surface area contributed by atoms with Gasteiger partial charge in [-0.15, -0.1) is 11.4 Å². The van der Waals surface area contributed by atoms with Gasteiger partial charge in [0.25, 0.3) is 0 Å². The van der Waals surface area contributed by atoms with E-state index in [2.05, 4.69) is 94.5 Å². The van der Waals surface area contributed by atoms with Gasteiger partial charge in [-0.05, 0) is 41.7 Å². The van der Waals surface area contributed by atoms with Gasteiger partial charge in [0, 0.05) is 10.6 Å². The summed E-state index contributed by atoms with van der Waals surface area (Å²) in [5.41, 5.74) is -0.211. The minimum Gasteiger partial charge on any atom is -0.114 e. The van der Waals surface area contributed by atoms with Crippen molar-refractivity contribution in [3.8, 4) is 0 Å². The predicted molar refractivity (Wildman–Crippen MR) is 134 cm³/mol. The molecule has 148 valence electrons. The molecule has 5 aliphatic rings. The lowest BCUT2D eigenvalue weighted by Crippen LogP contribution is -2.42. The summed E-state index contributed by atoms with van der Waals surface area (Å²) in [4.78, 5) is 1.01. The first-order valence-corrected chi connectivity index (χ1v) is 18.3. The lowest BCUT2D eigenvalue weighted by Gasteiger charge is -2.46. The van der Waals surface area contributed by atoms with Crippen molar-refractivity contribution in [3.63, 3.8) is 0 Å². The summed E-state index contributed by atoms with van der Waals surface area (Å²) in [7, 11) is 1.48. The first kappa shape index (κ1) is 21.3. The van der Waals surface area contributed by atoms with Crippen molar-refractivity contribution in [1.82, 2.24) is 0 Å². The lowest BCUT2D eigenvalue weighted by atomic mass is 9.80. The van der Waals surface area contributed by atoms with E-state index < -0.39 is 5.73 Å². The van der Waals surface area contributed by atoms with E-state index in [-0.39, 0.29) is 15.0 Å². The molecule has 0 aromatic heterocycles. The average Bonchev–Trinajstić information content (AvgIpc) is 2.56. The van der Waals surface area contributed by atoms with Crippen molar-refractivity contribution in [2.24, 2.45) is 21.7 Å². The second-order valence-electron chi connectivity index (χ2n) is 12.7. The third-order valence-corrected chi connectivity index (χ3v) is 40.3. The van der Waals surface area contributed by atoms with Crippen molar-refractivity contribution >= 4 is 56.9 Å². The van der Waals surface area contributed by atoms with E-state index in [0.717, 1.165) is 0 Å². The number of hydrogen-bond donors (Lipinski definition) is 0. The van der Waals surface area contributed by atoms with Gasteiger partial charge in [0.2, 0.25) is 0 Å². The van der Waals surface area contributed by atoms with Crippen LogP contribution in [-0.2, 0) is 11.8 Å². The summed E-state index contributed by atoms with van der Waals surface area (Å²) in [5.74, 6) is 0. The molecule has 0 aliphatic carbocycles. The Balaban J connectivity index is 2.15. The molecule has 5 aliphatic heterocycles. The largest absolute Gasteiger partial charge is 0.114 e. The van der Waals surface area contributed by atoms with Gasteiger partial charge in [0.05, 0.1) is 9.13 Å². The molecule has 0 aromatic rings. The minimum absolute atomic E-state index is 0.0187. The third kappa shape index (κ3) is 1.70. The Hall–Kier alpha value is 2.03. The molecule has 5 heterocycles. The van der Waals surface area contributed by atoms with Gasteiger partial charge in [-0.3, -0.25) is 0 Å². The van der Waals surface area contributed by atoms with Crippen LogP contribution in [0.25, 0.3) is 0 Å². The van der Waals surface area contributed by atoms with Gasteiger partial charge < -0.3 is 0 Å². The highest BCUT2D eigenvalue weighted by molar-refractivity contribution is 8.82. The van der Waals surface area contributed by atoms with Crippen LogP contribution in [0.5, 0.6) is 0 Å². The van der Waals surface area contributed by atoms with Crippen molar-refractivity contribution in [2.75, 3.05) is 0 Å². The fourth-order valence-electron chi connectivity index (χ4n) is 6.30. The topological polar surface area (TPSA) is 0 Å². The molecule has 4 fully saturated rings. The molecule has 5 rings (SSSR count). The Bertz CT molecular complexity index is 789. The lowest BCUT2D eigenvalue weighted by molar-refractivity contribution is 0.295. The standard InChI is InChI=1S/C20H36P4S2/c1-14(2,3)13-21-24(25)19(16(7,8)9)18(15(4,5)6)22(13)20(24,17(10,11)12)26-23(18)19/h1-12H3. The van der Waals surface area contributed by atoms with Gasteiger partial charge >= 0.3 is 0 Å². The van der Waals surface area contributed by atoms with E-state index in [9.17, 15) is 0 Å². The molecular formula is C20H36P4S2. The molecule has 6 atom stereocenters. The Labute approximate surface area is 175 Å². The molecule has 0 amide bonds. The van der Waals surface area contributed by atoms with Gasteiger partial charge in [-0.1, -0.05) is 103 Å². The fraction of sp³-hybridized carbons (Fsp3) is 0.950. The molecule has 0 nitrogen and oxygen atoms in total. The molecule has 0 spiro atoms. The van der Waals surface area contributed by atoms with Crippen molar-refractivity contribution in [3.05, 3.63) is 0 Å². The smallest absolute Gasteiger partial charge is 0.0862 e. The van der Waals surface area contributed by atoms with Crippen LogP contribution in [0.4, 0.5) is 0 Å². The Morgan fingerprint density at radius 1 is 0.846 bits per heavy atom. The van der Waals surface area contributed by atoms with E-state index in [1.54, 1.807) is 7.89 Å². The molecular weight excluding hydrogens is 428 g/mol. The Morgan fingerprint density at radius 2 is 1.35 bits per heavy atom. The summed E-state index contributed by atoms with van der Waals surface area (Å²) in [6.45, 7) is 30.4. The number of rotatable bonds is 0. The third-order valence-electron chi connectivity index (χ3n) is 6.91. The van der Waals surface area contributed by atoms with Gasteiger partial charge in [0.15, 0.2) is 0 Å². The second kappa shape index (κ2) is 4.92. The SMILES string of the molecule is CC(C)(C)C1=PP2(=S)C3(C(C)(C)C)SP4C(C(C)(C)C)(P13)C42C(C)(C)C. The Morgan fingerprint density at radius 3 is 1.69 bits per heavy atom. The van der Waals surface area contributed by atoms with Crippen LogP contribution in [0, 0.1) is 21.7 Å². The molecule has 0 N–H and O–H groups in total. The zero-order valence-electron chi connectivity index (χ0n) is 18.6. The number of hydrogen-bond acceptors (Lipinski definition) is 2. The van der Waals surface area contributed by atoms with Crippen LogP contribution in [0.15, 0.2) is 0 Å². The molecule has 0 saturated carbocycles. The quantitative estimate of drug-likeness (QED) is 0.328. The van der Waals surface area contributed by atoms with E-state index in [1.807, 2.05) is 5.03 Å². The van der Waals surface area contributed by atoms with Crippen molar-refractivity contribution in [1.29, 1.82) is 0 Å². The average molecular weight is 465 g/mol. The van der Waals surface area contributed by atoms with E-state index in [0.29, 0.717) is 35.7 Å². The van der Waals surface area contributed by atoms with Gasteiger partial charge in [-0.25, -0.2) is 0 Å². The summed E-state index contributed by atoms with van der Waals surface area (Å²) >= 11 is 9.52. The molecule has 6 unspecified atom stereocenters. The van der Waals surface area contributed by atoms with Crippen LogP contribution >= 0.6 is 40.0 Å². The van der Waals surface area contributed by atoms with E-state index in [1.165, 1.54) is 0 Å². The predicted octanol–water partition coefficient (Wildman–Crippen LogP) is 9.35. The summed E-state index contributed by atoms with van der Waals surface area (Å²) < 4.78 is 0.404. The highest BCUT2D eigenvalue weighted by Crippen LogP contribution is 3.33. The first-order chi connectivity index (χ1) is 11.3. The second-order valence-corrected chi connectivity index (χ2v) is 29.5.